The lowest BCUT2D eigenvalue weighted by Gasteiger charge is -2.11. The average molecular weight is 336 g/mol. The lowest BCUT2D eigenvalue weighted by atomic mass is 10.1. The van der Waals surface area contributed by atoms with E-state index in [9.17, 15) is 4.79 Å². The molecule has 1 N–H and O–H groups in total. The van der Waals surface area contributed by atoms with E-state index >= 15 is 0 Å². The molecule has 0 saturated heterocycles. The topological polar surface area (TPSA) is 60.5 Å². The van der Waals surface area contributed by atoms with E-state index in [-0.39, 0.29) is 5.91 Å². The number of para-hydroxylation sites is 1. The maximum Gasteiger partial charge on any atom is 0.252 e. The molecule has 1 heterocycles. The zero-order valence-electron chi connectivity index (χ0n) is 14.3. The molecule has 128 valence electrons. The van der Waals surface area contributed by atoms with E-state index in [0.717, 1.165) is 28.0 Å². The molecule has 0 spiro atoms. The van der Waals surface area contributed by atoms with E-state index in [1.807, 2.05) is 48.5 Å². The summed E-state index contributed by atoms with van der Waals surface area (Å²) in [6.07, 6.45) is 2.25. The van der Waals surface area contributed by atoms with Gasteiger partial charge in [0.25, 0.3) is 5.91 Å². The Morgan fingerprint density at radius 3 is 2.72 bits per heavy atom. The number of benzene rings is 2. The van der Waals surface area contributed by atoms with Gasteiger partial charge in [0.15, 0.2) is 0 Å². The van der Waals surface area contributed by atoms with E-state index in [4.69, 9.17) is 9.47 Å². The molecule has 1 amide bonds. The van der Waals surface area contributed by atoms with Crippen LogP contribution in [-0.2, 0) is 6.42 Å². The van der Waals surface area contributed by atoms with Crippen LogP contribution in [-0.4, -0.2) is 31.7 Å². The molecule has 0 aliphatic heterocycles. The number of nitrogens with one attached hydrogen (secondary N) is 1. The number of fused-ring (bicyclic) bond motifs is 1. The van der Waals surface area contributed by atoms with Crippen molar-refractivity contribution in [2.75, 3.05) is 20.8 Å². The van der Waals surface area contributed by atoms with Crippen LogP contribution in [0.1, 0.15) is 15.9 Å². The maximum absolute atomic E-state index is 12.3. The van der Waals surface area contributed by atoms with Crippen LogP contribution in [0.5, 0.6) is 11.5 Å². The van der Waals surface area contributed by atoms with Gasteiger partial charge in [-0.05, 0) is 42.3 Å². The van der Waals surface area contributed by atoms with Crippen molar-refractivity contribution in [3.8, 4) is 11.5 Å². The predicted octanol–water partition coefficient (Wildman–Crippen LogP) is 3.22. The number of rotatable bonds is 6. The van der Waals surface area contributed by atoms with Crippen LogP contribution in [0, 0.1) is 0 Å². The summed E-state index contributed by atoms with van der Waals surface area (Å²) in [5.74, 6) is 1.41. The Morgan fingerprint density at radius 2 is 1.92 bits per heavy atom. The average Bonchev–Trinajstić information content (AvgIpc) is 2.67. The fourth-order valence-electron chi connectivity index (χ4n) is 2.69. The van der Waals surface area contributed by atoms with E-state index in [1.54, 1.807) is 20.4 Å². The molecule has 5 nitrogen and oxygen atoms in total. The van der Waals surface area contributed by atoms with E-state index in [1.165, 1.54) is 0 Å². The second-order valence-electron chi connectivity index (χ2n) is 5.60. The van der Waals surface area contributed by atoms with Gasteiger partial charge in [-0.3, -0.25) is 9.78 Å². The highest BCUT2D eigenvalue weighted by molar-refractivity contribution is 5.97. The highest BCUT2D eigenvalue weighted by Gasteiger charge is 2.09. The van der Waals surface area contributed by atoms with E-state index < -0.39 is 0 Å². The second-order valence-corrected chi connectivity index (χ2v) is 5.60. The van der Waals surface area contributed by atoms with Gasteiger partial charge in [-0.15, -0.1) is 0 Å². The minimum absolute atomic E-state index is 0.139. The van der Waals surface area contributed by atoms with Crippen molar-refractivity contribution in [2.45, 2.75) is 6.42 Å². The Morgan fingerprint density at radius 1 is 1.08 bits per heavy atom. The Bertz CT molecular complexity index is 893. The summed E-state index contributed by atoms with van der Waals surface area (Å²) in [5, 5.41) is 3.87. The van der Waals surface area contributed by atoms with Crippen molar-refractivity contribution >= 4 is 16.8 Å². The molecule has 3 aromatic rings. The van der Waals surface area contributed by atoms with Crippen LogP contribution in [0.15, 0.2) is 54.7 Å². The van der Waals surface area contributed by atoms with Gasteiger partial charge < -0.3 is 14.8 Å². The standard InChI is InChI=1S/C20H20N2O3/c1-24-17-7-8-19(25-2)15(12-17)9-10-21-20(23)16-11-14-5-3-4-6-18(14)22-13-16/h3-8,11-13H,9-10H2,1-2H3,(H,21,23). The van der Waals surface area contributed by atoms with Gasteiger partial charge in [0.05, 0.1) is 25.3 Å². The summed E-state index contributed by atoms with van der Waals surface area (Å²) in [6.45, 7) is 0.495. The molecule has 0 bridgehead atoms. The monoisotopic (exact) mass is 336 g/mol. The molecule has 0 radical (unpaired) electrons. The third-order valence-corrected chi connectivity index (χ3v) is 4.02. The lowest BCUT2D eigenvalue weighted by molar-refractivity contribution is 0.0954. The largest absolute Gasteiger partial charge is 0.497 e. The van der Waals surface area contributed by atoms with Crippen molar-refractivity contribution in [3.63, 3.8) is 0 Å². The fraction of sp³-hybridized carbons (Fsp3) is 0.200. The second kappa shape index (κ2) is 7.66. The van der Waals surface area contributed by atoms with Crippen molar-refractivity contribution in [1.82, 2.24) is 10.3 Å². The quantitative estimate of drug-likeness (QED) is 0.751. The number of aromatic nitrogens is 1. The summed E-state index contributed by atoms with van der Waals surface area (Å²) in [4.78, 5) is 16.7. The Hall–Kier alpha value is -3.08. The third-order valence-electron chi connectivity index (χ3n) is 4.02. The first-order chi connectivity index (χ1) is 12.2. The highest BCUT2D eigenvalue weighted by atomic mass is 16.5. The number of ether oxygens (including phenoxy) is 2. The van der Waals surface area contributed by atoms with Crippen molar-refractivity contribution < 1.29 is 14.3 Å². The number of hydrogen-bond acceptors (Lipinski definition) is 4. The molecule has 25 heavy (non-hydrogen) atoms. The SMILES string of the molecule is COc1ccc(OC)c(CCNC(=O)c2cnc3ccccc3c2)c1. The van der Waals surface area contributed by atoms with Crippen molar-refractivity contribution in [3.05, 3.63) is 65.9 Å². The number of amides is 1. The molecule has 5 heteroatoms. The lowest BCUT2D eigenvalue weighted by Crippen LogP contribution is -2.25. The number of carbonyl (C=O) groups is 1. The molecule has 3 rings (SSSR count). The Kier molecular flexibility index (Phi) is 5.14. The van der Waals surface area contributed by atoms with Gasteiger partial charge in [0, 0.05) is 18.1 Å². The highest BCUT2D eigenvalue weighted by Crippen LogP contribution is 2.24. The van der Waals surface area contributed by atoms with Crippen LogP contribution in [0.25, 0.3) is 10.9 Å². The van der Waals surface area contributed by atoms with Crippen LogP contribution in [0.3, 0.4) is 0 Å². The first-order valence-electron chi connectivity index (χ1n) is 8.05. The first kappa shape index (κ1) is 16.8. The number of carbonyl (C=O) groups excluding carboxylic acids is 1. The van der Waals surface area contributed by atoms with Crippen LogP contribution >= 0.6 is 0 Å². The maximum atomic E-state index is 12.3. The number of pyridine rings is 1. The summed E-state index contributed by atoms with van der Waals surface area (Å²) < 4.78 is 10.6. The van der Waals surface area contributed by atoms with Gasteiger partial charge in [0.1, 0.15) is 11.5 Å². The minimum Gasteiger partial charge on any atom is -0.497 e. The van der Waals surface area contributed by atoms with Crippen LogP contribution in [0.2, 0.25) is 0 Å². The molecule has 1 aromatic heterocycles. The zero-order valence-corrected chi connectivity index (χ0v) is 14.3. The molecule has 0 unspecified atom stereocenters. The third kappa shape index (κ3) is 3.88. The number of methoxy groups -OCH3 is 2. The van der Waals surface area contributed by atoms with Crippen LogP contribution < -0.4 is 14.8 Å². The van der Waals surface area contributed by atoms with Crippen LogP contribution in [0.4, 0.5) is 0 Å². The summed E-state index contributed by atoms with van der Waals surface area (Å²) in [5.41, 5.74) is 2.41. The van der Waals surface area contributed by atoms with Crippen molar-refractivity contribution in [2.24, 2.45) is 0 Å². The van der Waals surface area contributed by atoms with E-state index in [0.29, 0.717) is 18.5 Å². The molecule has 0 saturated carbocycles. The summed E-state index contributed by atoms with van der Waals surface area (Å²) in [6, 6.07) is 15.2. The van der Waals surface area contributed by atoms with Crippen molar-refractivity contribution in [1.29, 1.82) is 0 Å². The fourth-order valence-corrected chi connectivity index (χ4v) is 2.69. The van der Waals surface area contributed by atoms with Gasteiger partial charge >= 0.3 is 0 Å². The Labute approximate surface area is 146 Å². The zero-order chi connectivity index (χ0) is 17.6. The summed E-state index contributed by atoms with van der Waals surface area (Å²) in [7, 11) is 3.25. The number of hydrogen-bond donors (Lipinski definition) is 1. The molecule has 0 aliphatic carbocycles. The first-order valence-corrected chi connectivity index (χ1v) is 8.05. The summed E-state index contributed by atoms with van der Waals surface area (Å²) >= 11 is 0. The molecular weight excluding hydrogens is 316 g/mol. The minimum atomic E-state index is -0.139. The predicted molar refractivity (Wildman–Crippen MR) is 97.3 cm³/mol. The van der Waals surface area contributed by atoms with Gasteiger partial charge in [0.2, 0.25) is 0 Å². The van der Waals surface area contributed by atoms with E-state index in [2.05, 4.69) is 10.3 Å². The normalized spacial score (nSPS) is 10.5. The van der Waals surface area contributed by atoms with Gasteiger partial charge in [-0.1, -0.05) is 18.2 Å². The molecular formula is C20H20N2O3. The molecule has 0 aliphatic rings. The molecule has 2 aromatic carbocycles. The Balaban J connectivity index is 1.66. The smallest absolute Gasteiger partial charge is 0.252 e. The molecule has 0 atom stereocenters. The van der Waals surface area contributed by atoms with Gasteiger partial charge in [-0.2, -0.15) is 0 Å². The number of nitrogens with zero attached hydrogens (tertiary/aromatic N) is 1. The van der Waals surface area contributed by atoms with Gasteiger partial charge in [-0.25, -0.2) is 0 Å². The molecule has 0 fully saturated rings.